The molecule has 1 amide bonds. The second-order valence-electron chi connectivity index (χ2n) is 7.98. The number of benzene rings is 3. The van der Waals surface area contributed by atoms with Crippen LogP contribution >= 0.6 is 0 Å². The van der Waals surface area contributed by atoms with Crippen molar-refractivity contribution in [1.82, 2.24) is 5.32 Å². The van der Waals surface area contributed by atoms with E-state index in [1.165, 1.54) is 18.2 Å². The highest BCUT2D eigenvalue weighted by Crippen LogP contribution is 2.44. The van der Waals surface area contributed by atoms with Gasteiger partial charge < -0.3 is 25.4 Å². The number of hydrogen-bond acceptors (Lipinski definition) is 6. The number of phenolic OH excluding ortho intramolecular Hbond substituents is 1. The van der Waals surface area contributed by atoms with E-state index in [1.807, 2.05) is 36.4 Å². The van der Waals surface area contributed by atoms with Gasteiger partial charge in [0.2, 0.25) is 0 Å². The van der Waals surface area contributed by atoms with Crippen molar-refractivity contribution in [3.05, 3.63) is 89.0 Å². The number of fused-ring (bicyclic) bond motifs is 3. The molecule has 0 fully saturated rings. The summed E-state index contributed by atoms with van der Waals surface area (Å²) in [5, 5.41) is 32.7. The lowest BCUT2D eigenvalue weighted by Crippen LogP contribution is -2.31. The van der Waals surface area contributed by atoms with Crippen LogP contribution in [0.1, 0.15) is 45.5 Å². The number of rotatable bonds is 8. The van der Waals surface area contributed by atoms with Crippen LogP contribution in [-0.4, -0.2) is 47.0 Å². The van der Waals surface area contributed by atoms with Gasteiger partial charge in [-0.25, -0.2) is 4.79 Å². The van der Waals surface area contributed by atoms with Gasteiger partial charge >= 0.3 is 6.09 Å². The Bertz CT molecular complexity index is 1120. The summed E-state index contributed by atoms with van der Waals surface area (Å²) in [6, 6.07) is 20.0. The van der Waals surface area contributed by atoms with Crippen LogP contribution in [0.15, 0.2) is 66.7 Å². The van der Waals surface area contributed by atoms with E-state index in [0.717, 1.165) is 22.3 Å². The highest BCUT2D eigenvalue weighted by molar-refractivity contribution is 5.79. The molecule has 170 valence electrons. The smallest absolute Gasteiger partial charge is 0.407 e. The molecule has 0 aromatic heterocycles. The van der Waals surface area contributed by atoms with Crippen molar-refractivity contribution in [2.45, 2.75) is 24.5 Å². The summed E-state index contributed by atoms with van der Waals surface area (Å²) in [4.78, 5) is 23.4. The lowest BCUT2D eigenvalue weighted by atomic mass is 9.97. The SMILES string of the molecule is O=Cc1cc(O)ccc1C(O)C(O)CCNC(=O)OCC1c2ccccc2-c2ccccc21. The monoisotopic (exact) mass is 447 g/mol. The van der Waals surface area contributed by atoms with E-state index in [0.29, 0.717) is 6.29 Å². The minimum absolute atomic E-state index is 0.0462. The molecule has 7 nitrogen and oxygen atoms in total. The minimum Gasteiger partial charge on any atom is -0.508 e. The Kier molecular flexibility index (Phi) is 6.72. The van der Waals surface area contributed by atoms with E-state index in [-0.39, 0.29) is 42.4 Å². The summed E-state index contributed by atoms with van der Waals surface area (Å²) in [5.41, 5.74) is 4.81. The van der Waals surface area contributed by atoms with E-state index in [2.05, 4.69) is 17.4 Å². The zero-order valence-corrected chi connectivity index (χ0v) is 17.8. The van der Waals surface area contributed by atoms with Crippen LogP contribution in [-0.2, 0) is 4.74 Å². The Hall–Kier alpha value is -3.68. The van der Waals surface area contributed by atoms with Crippen molar-refractivity contribution in [2.75, 3.05) is 13.2 Å². The normalized spacial score (nSPS) is 14.1. The number of carbonyl (C=O) groups excluding carboxylic acids is 2. The lowest BCUT2D eigenvalue weighted by molar-refractivity contribution is 0.0133. The molecule has 0 bridgehead atoms. The highest BCUT2D eigenvalue weighted by Gasteiger charge is 2.29. The quantitative estimate of drug-likeness (QED) is 0.393. The molecule has 3 aromatic carbocycles. The van der Waals surface area contributed by atoms with Crippen molar-refractivity contribution in [2.24, 2.45) is 0 Å². The van der Waals surface area contributed by atoms with Gasteiger partial charge in [0.05, 0.1) is 6.10 Å². The van der Waals surface area contributed by atoms with Crippen molar-refractivity contribution in [3.63, 3.8) is 0 Å². The fraction of sp³-hybridized carbons (Fsp3) is 0.231. The molecular formula is C26H25NO6. The predicted molar refractivity (Wildman–Crippen MR) is 122 cm³/mol. The molecule has 3 aromatic rings. The van der Waals surface area contributed by atoms with Crippen LogP contribution in [0.4, 0.5) is 4.79 Å². The number of hydrogen-bond donors (Lipinski definition) is 4. The summed E-state index contributed by atoms with van der Waals surface area (Å²) in [7, 11) is 0. The molecule has 1 aliphatic carbocycles. The number of amides is 1. The van der Waals surface area contributed by atoms with Crippen molar-refractivity contribution in [3.8, 4) is 16.9 Å². The summed E-state index contributed by atoms with van der Waals surface area (Å²) in [6.07, 6.45) is -2.63. The third kappa shape index (κ3) is 4.74. The Morgan fingerprint density at radius 1 is 1.00 bits per heavy atom. The van der Waals surface area contributed by atoms with Crippen molar-refractivity contribution in [1.29, 1.82) is 0 Å². The number of aliphatic hydroxyl groups is 2. The standard InChI is InChI=1S/C26H25NO6/c28-14-16-13-17(29)9-10-18(16)25(31)24(30)11-12-27-26(32)33-15-23-21-7-3-1-5-19(21)20-6-2-4-8-22(20)23/h1-10,13-14,23-25,29-31H,11-12,15H2,(H,27,32). The number of ether oxygens (including phenoxy) is 1. The fourth-order valence-corrected chi connectivity index (χ4v) is 4.27. The number of aldehydes is 1. The first-order valence-electron chi connectivity index (χ1n) is 10.7. The number of nitrogens with one attached hydrogen (secondary N) is 1. The van der Waals surface area contributed by atoms with Crippen LogP contribution in [0, 0.1) is 0 Å². The second kappa shape index (κ2) is 9.85. The van der Waals surface area contributed by atoms with Gasteiger partial charge in [-0.3, -0.25) is 4.79 Å². The maximum atomic E-state index is 12.2. The first-order chi connectivity index (χ1) is 16.0. The Balaban J connectivity index is 1.30. The molecule has 1 aliphatic rings. The first-order valence-corrected chi connectivity index (χ1v) is 10.7. The van der Waals surface area contributed by atoms with Crippen LogP contribution in [0.5, 0.6) is 5.75 Å². The number of aromatic hydroxyl groups is 1. The molecule has 2 atom stereocenters. The van der Waals surface area contributed by atoms with E-state index in [9.17, 15) is 24.9 Å². The average molecular weight is 447 g/mol. The first kappa shape index (κ1) is 22.5. The Morgan fingerprint density at radius 2 is 1.64 bits per heavy atom. The molecule has 4 N–H and O–H groups in total. The van der Waals surface area contributed by atoms with Gasteiger partial charge in [0.1, 0.15) is 18.5 Å². The van der Waals surface area contributed by atoms with Gasteiger partial charge in [-0.15, -0.1) is 0 Å². The molecule has 0 saturated heterocycles. The predicted octanol–water partition coefficient (Wildman–Crippen LogP) is 3.53. The Morgan fingerprint density at radius 3 is 2.27 bits per heavy atom. The van der Waals surface area contributed by atoms with Crippen LogP contribution in [0.3, 0.4) is 0 Å². The van der Waals surface area contributed by atoms with E-state index in [1.54, 1.807) is 0 Å². The maximum Gasteiger partial charge on any atom is 0.407 e. The van der Waals surface area contributed by atoms with Gasteiger partial charge in [0.25, 0.3) is 0 Å². The van der Waals surface area contributed by atoms with Crippen LogP contribution in [0.2, 0.25) is 0 Å². The largest absolute Gasteiger partial charge is 0.508 e. The second-order valence-corrected chi connectivity index (χ2v) is 7.98. The molecule has 4 rings (SSSR count). The molecule has 0 spiro atoms. The van der Waals surface area contributed by atoms with Gasteiger partial charge in [0.15, 0.2) is 6.29 Å². The topological polar surface area (TPSA) is 116 Å². The molecule has 0 radical (unpaired) electrons. The van der Waals surface area contributed by atoms with Gasteiger partial charge in [0, 0.05) is 18.0 Å². The summed E-state index contributed by atoms with van der Waals surface area (Å²) in [5.74, 6) is -0.161. The number of alkyl carbamates (subject to hydrolysis) is 1. The summed E-state index contributed by atoms with van der Waals surface area (Å²) in [6.45, 7) is 0.255. The lowest BCUT2D eigenvalue weighted by Gasteiger charge is -2.20. The molecule has 7 heteroatoms. The van der Waals surface area contributed by atoms with Gasteiger partial charge in [-0.1, -0.05) is 54.6 Å². The van der Waals surface area contributed by atoms with E-state index < -0.39 is 18.3 Å². The van der Waals surface area contributed by atoms with Crippen molar-refractivity contribution < 1.29 is 29.6 Å². The molecule has 0 aliphatic heterocycles. The summed E-state index contributed by atoms with van der Waals surface area (Å²) >= 11 is 0. The van der Waals surface area contributed by atoms with E-state index in [4.69, 9.17) is 4.74 Å². The zero-order chi connectivity index (χ0) is 23.4. The third-order valence-electron chi connectivity index (χ3n) is 5.93. The van der Waals surface area contributed by atoms with Crippen LogP contribution < -0.4 is 5.32 Å². The maximum absolute atomic E-state index is 12.2. The fourth-order valence-electron chi connectivity index (χ4n) is 4.27. The molecular weight excluding hydrogens is 422 g/mol. The minimum atomic E-state index is -1.34. The van der Waals surface area contributed by atoms with Crippen molar-refractivity contribution >= 4 is 12.4 Å². The third-order valence-corrected chi connectivity index (χ3v) is 5.93. The molecule has 0 saturated carbocycles. The average Bonchev–Trinajstić information content (AvgIpc) is 3.16. The highest BCUT2D eigenvalue weighted by atomic mass is 16.5. The molecule has 0 heterocycles. The van der Waals surface area contributed by atoms with Gasteiger partial charge in [-0.05, 0) is 46.4 Å². The number of aliphatic hydroxyl groups excluding tert-OH is 2. The van der Waals surface area contributed by atoms with Crippen LogP contribution in [0.25, 0.3) is 11.1 Å². The molecule has 2 unspecified atom stereocenters. The summed E-state index contributed by atoms with van der Waals surface area (Å²) < 4.78 is 5.45. The number of phenols is 1. The Labute approximate surface area is 191 Å². The zero-order valence-electron chi connectivity index (χ0n) is 17.8. The van der Waals surface area contributed by atoms with Gasteiger partial charge in [-0.2, -0.15) is 0 Å². The number of carbonyl (C=O) groups is 2. The van der Waals surface area contributed by atoms with E-state index >= 15 is 0 Å². The molecule has 33 heavy (non-hydrogen) atoms.